The SMILES string of the molecule is COc1ccc(C(N)=S)c(NCC2CCCC(C)C2)c1. The molecule has 1 saturated carbocycles. The molecule has 0 saturated heterocycles. The lowest BCUT2D eigenvalue weighted by molar-refractivity contribution is 0.293. The number of anilines is 1. The Morgan fingerprint density at radius 2 is 2.25 bits per heavy atom. The van der Waals surface area contributed by atoms with Crippen LogP contribution >= 0.6 is 12.2 Å². The number of methoxy groups -OCH3 is 1. The van der Waals surface area contributed by atoms with Crippen molar-refractivity contribution in [1.29, 1.82) is 0 Å². The van der Waals surface area contributed by atoms with E-state index in [1.165, 1.54) is 25.7 Å². The third-order valence-electron chi connectivity index (χ3n) is 4.12. The first-order valence-corrected chi connectivity index (χ1v) is 7.72. The molecule has 110 valence electrons. The Labute approximate surface area is 126 Å². The van der Waals surface area contributed by atoms with E-state index in [1.54, 1.807) is 7.11 Å². The van der Waals surface area contributed by atoms with Crippen LogP contribution in [0.3, 0.4) is 0 Å². The minimum Gasteiger partial charge on any atom is -0.497 e. The molecule has 20 heavy (non-hydrogen) atoms. The molecule has 2 unspecified atom stereocenters. The first-order valence-electron chi connectivity index (χ1n) is 7.32. The number of nitrogens with two attached hydrogens (primary N) is 1. The Bertz CT molecular complexity index is 476. The summed E-state index contributed by atoms with van der Waals surface area (Å²) >= 11 is 5.12. The van der Waals surface area contributed by atoms with Crippen LogP contribution in [0.4, 0.5) is 5.69 Å². The number of hydrogen-bond acceptors (Lipinski definition) is 3. The van der Waals surface area contributed by atoms with Crippen LogP contribution in [0.15, 0.2) is 18.2 Å². The summed E-state index contributed by atoms with van der Waals surface area (Å²) in [6.45, 7) is 3.32. The summed E-state index contributed by atoms with van der Waals surface area (Å²) in [5.74, 6) is 2.41. The Kier molecular flexibility index (Phi) is 5.24. The molecular formula is C16H24N2OS. The van der Waals surface area contributed by atoms with Gasteiger partial charge in [-0.15, -0.1) is 0 Å². The molecule has 1 fully saturated rings. The summed E-state index contributed by atoms with van der Waals surface area (Å²) in [6.07, 6.45) is 5.32. The Morgan fingerprint density at radius 1 is 1.45 bits per heavy atom. The molecule has 0 bridgehead atoms. The van der Waals surface area contributed by atoms with E-state index in [4.69, 9.17) is 22.7 Å². The fourth-order valence-electron chi connectivity index (χ4n) is 3.01. The van der Waals surface area contributed by atoms with Gasteiger partial charge in [-0.1, -0.05) is 32.0 Å². The molecule has 0 amide bonds. The summed E-state index contributed by atoms with van der Waals surface area (Å²) in [5, 5.41) is 3.51. The molecule has 3 nitrogen and oxygen atoms in total. The molecular weight excluding hydrogens is 268 g/mol. The second-order valence-electron chi connectivity index (χ2n) is 5.79. The first kappa shape index (κ1) is 15.1. The Morgan fingerprint density at radius 3 is 2.90 bits per heavy atom. The summed E-state index contributed by atoms with van der Waals surface area (Å²) in [4.78, 5) is 0.423. The first-order chi connectivity index (χ1) is 9.60. The van der Waals surface area contributed by atoms with E-state index < -0.39 is 0 Å². The van der Waals surface area contributed by atoms with E-state index >= 15 is 0 Å². The lowest BCUT2D eigenvalue weighted by atomic mass is 9.82. The van der Waals surface area contributed by atoms with Gasteiger partial charge in [0.25, 0.3) is 0 Å². The third-order valence-corrected chi connectivity index (χ3v) is 4.34. The predicted molar refractivity (Wildman–Crippen MR) is 88.5 cm³/mol. The average molecular weight is 292 g/mol. The number of hydrogen-bond donors (Lipinski definition) is 2. The van der Waals surface area contributed by atoms with Crippen LogP contribution in [0.25, 0.3) is 0 Å². The predicted octanol–water partition coefficient (Wildman–Crippen LogP) is 3.57. The van der Waals surface area contributed by atoms with E-state index in [-0.39, 0.29) is 0 Å². The van der Waals surface area contributed by atoms with Crippen LogP contribution < -0.4 is 15.8 Å². The number of ether oxygens (including phenoxy) is 1. The van der Waals surface area contributed by atoms with Crippen LogP contribution in [0.5, 0.6) is 5.75 Å². The smallest absolute Gasteiger partial charge is 0.120 e. The van der Waals surface area contributed by atoms with Crippen molar-refractivity contribution in [2.75, 3.05) is 19.0 Å². The summed E-state index contributed by atoms with van der Waals surface area (Å²) < 4.78 is 5.27. The Balaban J connectivity index is 2.05. The number of nitrogens with one attached hydrogen (secondary N) is 1. The molecule has 0 heterocycles. The van der Waals surface area contributed by atoms with Gasteiger partial charge in [-0.3, -0.25) is 0 Å². The van der Waals surface area contributed by atoms with Crippen molar-refractivity contribution in [1.82, 2.24) is 0 Å². The number of benzene rings is 1. The normalized spacial score (nSPS) is 22.3. The largest absolute Gasteiger partial charge is 0.497 e. The van der Waals surface area contributed by atoms with Gasteiger partial charge in [0.15, 0.2) is 0 Å². The van der Waals surface area contributed by atoms with Gasteiger partial charge in [0.2, 0.25) is 0 Å². The fourth-order valence-corrected chi connectivity index (χ4v) is 3.19. The minimum absolute atomic E-state index is 0.423. The molecule has 4 heteroatoms. The third kappa shape index (κ3) is 3.85. The van der Waals surface area contributed by atoms with Gasteiger partial charge in [-0.05, 0) is 36.8 Å². The maximum Gasteiger partial charge on any atom is 0.120 e. The van der Waals surface area contributed by atoms with Crippen molar-refractivity contribution in [3.63, 3.8) is 0 Å². The Hall–Kier alpha value is -1.29. The van der Waals surface area contributed by atoms with Gasteiger partial charge in [-0.25, -0.2) is 0 Å². The summed E-state index contributed by atoms with van der Waals surface area (Å²) in [6, 6.07) is 5.79. The minimum atomic E-state index is 0.423. The average Bonchev–Trinajstić information content (AvgIpc) is 2.44. The lowest BCUT2D eigenvalue weighted by Crippen LogP contribution is -2.22. The lowest BCUT2D eigenvalue weighted by Gasteiger charge is -2.27. The highest BCUT2D eigenvalue weighted by atomic mass is 32.1. The van der Waals surface area contributed by atoms with E-state index in [0.29, 0.717) is 4.99 Å². The maximum absolute atomic E-state index is 5.79. The second-order valence-corrected chi connectivity index (χ2v) is 6.23. The highest BCUT2D eigenvalue weighted by Crippen LogP contribution is 2.29. The summed E-state index contributed by atoms with van der Waals surface area (Å²) in [5.41, 5.74) is 7.66. The van der Waals surface area contributed by atoms with E-state index in [1.807, 2.05) is 18.2 Å². The molecule has 1 aliphatic rings. The second kappa shape index (κ2) is 6.93. The zero-order chi connectivity index (χ0) is 14.5. The number of rotatable bonds is 5. The maximum atomic E-state index is 5.79. The summed E-state index contributed by atoms with van der Waals surface area (Å²) in [7, 11) is 1.67. The molecule has 0 aromatic heterocycles. The van der Waals surface area contributed by atoms with Crippen LogP contribution in [0.1, 0.15) is 38.2 Å². The quantitative estimate of drug-likeness (QED) is 0.815. The van der Waals surface area contributed by atoms with Crippen molar-refractivity contribution < 1.29 is 4.74 Å². The fraction of sp³-hybridized carbons (Fsp3) is 0.562. The molecule has 0 aliphatic heterocycles. The van der Waals surface area contributed by atoms with Crippen molar-refractivity contribution >= 4 is 22.9 Å². The van der Waals surface area contributed by atoms with Crippen LogP contribution in [0.2, 0.25) is 0 Å². The van der Waals surface area contributed by atoms with Gasteiger partial charge in [0, 0.05) is 23.9 Å². The van der Waals surface area contributed by atoms with Crippen LogP contribution in [-0.2, 0) is 0 Å². The standard InChI is InChI=1S/C16H24N2OS/c1-11-4-3-5-12(8-11)10-18-15-9-13(19-2)6-7-14(15)16(17)20/h6-7,9,11-12,18H,3-5,8,10H2,1-2H3,(H2,17,20). The van der Waals surface area contributed by atoms with Gasteiger partial charge in [-0.2, -0.15) is 0 Å². The van der Waals surface area contributed by atoms with Crippen LogP contribution in [-0.4, -0.2) is 18.6 Å². The van der Waals surface area contributed by atoms with Gasteiger partial charge < -0.3 is 15.8 Å². The van der Waals surface area contributed by atoms with Gasteiger partial charge in [0.05, 0.1) is 7.11 Å². The van der Waals surface area contributed by atoms with Crippen molar-refractivity contribution in [3.05, 3.63) is 23.8 Å². The molecule has 1 aromatic carbocycles. The molecule has 1 aromatic rings. The zero-order valence-electron chi connectivity index (χ0n) is 12.3. The highest BCUT2D eigenvalue weighted by Gasteiger charge is 2.19. The molecule has 2 rings (SSSR count). The van der Waals surface area contributed by atoms with Crippen molar-refractivity contribution in [2.24, 2.45) is 17.6 Å². The molecule has 0 radical (unpaired) electrons. The monoisotopic (exact) mass is 292 g/mol. The molecule has 3 N–H and O–H groups in total. The topological polar surface area (TPSA) is 47.3 Å². The molecule has 2 atom stereocenters. The van der Waals surface area contributed by atoms with E-state index in [0.717, 1.165) is 35.4 Å². The van der Waals surface area contributed by atoms with Gasteiger partial charge in [0.1, 0.15) is 10.7 Å². The van der Waals surface area contributed by atoms with Gasteiger partial charge >= 0.3 is 0 Å². The van der Waals surface area contributed by atoms with Crippen molar-refractivity contribution in [2.45, 2.75) is 32.6 Å². The number of thiocarbonyl (C=S) groups is 1. The van der Waals surface area contributed by atoms with Crippen LogP contribution in [0, 0.1) is 11.8 Å². The van der Waals surface area contributed by atoms with E-state index in [2.05, 4.69) is 12.2 Å². The zero-order valence-corrected chi connectivity index (χ0v) is 13.1. The molecule has 1 aliphatic carbocycles. The van der Waals surface area contributed by atoms with E-state index in [9.17, 15) is 0 Å². The van der Waals surface area contributed by atoms with Crippen molar-refractivity contribution in [3.8, 4) is 5.75 Å². The molecule has 0 spiro atoms. The highest BCUT2D eigenvalue weighted by molar-refractivity contribution is 7.80.